The number of benzene rings is 1. The van der Waals surface area contributed by atoms with Crippen molar-refractivity contribution in [2.24, 2.45) is 0 Å². The zero-order valence-corrected chi connectivity index (χ0v) is 20.0. The van der Waals surface area contributed by atoms with Gasteiger partial charge in [0.25, 0.3) is 5.56 Å². The summed E-state index contributed by atoms with van der Waals surface area (Å²) < 4.78 is 21.2. The van der Waals surface area contributed by atoms with Gasteiger partial charge in [-0.3, -0.25) is 14.2 Å². The van der Waals surface area contributed by atoms with Crippen LogP contribution in [0.2, 0.25) is 0 Å². The van der Waals surface area contributed by atoms with E-state index in [9.17, 15) is 14.0 Å². The van der Waals surface area contributed by atoms with E-state index in [1.54, 1.807) is 23.6 Å². The van der Waals surface area contributed by atoms with Gasteiger partial charge in [0, 0.05) is 17.2 Å². The molecule has 0 saturated carbocycles. The van der Waals surface area contributed by atoms with Gasteiger partial charge in [0.15, 0.2) is 5.16 Å². The van der Waals surface area contributed by atoms with Gasteiger partial charge in [0.05, 0.1) is 23.8 Å². The third-order valence-corrected chi connectivity index (χ3v) is 7.65. The number of hydrogen-bond acceptors (Lipinski definition) is 6. The topological polar surface area (TPSA) is 73.2 Å². The predicted octanol–water partition coefficient (Wildman–Crippen LogP) is 4.69. The van der Waals surface area contributed by atoms with Gasteiger partial charge in [-0.1, -0.05) is 24.8 Å². The van der Waals surface area contributed by atoms with Gasteiger partial charge in [-0.05, 0) is 56.4 Å². The van der Waals surface area contributed by atoms with Crippen LogP contribution in [0.3, 0.4) is 0 Å². The standard InChI is InChI=1S/C23H26FN3O3S2/c1-4-17-14(3)32-21-20(17)22(29)27(11-16-6-5-9-30-16)23(26-21)31-12-19(28)25-15-8-7-13(2)18(24)10-15/h7-8,10,16H,4-6,9,11-12H2,1-3H3,(H,25,28). The van der Waals surface area contributed by atoms with Crippen molar-refractivity contribution in [3.05, 3.63) is 50.4 Å². The maximum Gasteiger partial charge on any atom is 0.263 e. The number of aryl methyl sites for hydroxylation is 3. The molecule has 0 spiro atoms. The van der Waals surface area contributed by atoms with Crippen molar-refractivity contribution in [2.45, 2.75) is 57.8 Å². The molecule has 1 amide bonds. The highest BCUT2D eigenvalue weighted by Crippen LogP contribution is 2.30. The van der Waals surface area contributed by atoms with Gasteiger partial charge in [-0.2, -0.15) is 0 Å². The van der Waals surface area contributed by atoms with Crippen LogP contribution in [-0.4, -0.2) is 33.9 Å². The monoisotopic (exact) mass is 475 g/mol. The predicted molar refractivity (Wildman–Crippen MR) is 127 cm³/mol. The largest absolute Gasteiger partial charge is 0.376 e. The maximum absolute atomic E-state index is 13.8. The Hall–Kier alpha value is -2.23. The molecule has 1 aliphatic rings. The fourth-order valence-corrected chi connectivity index (χ4v) is 5.88. The van der Waals surface area contributed by atoms with E-state index in [1.165, 1.54) is 29.2 Å². The van der Waals surface area contributed by atoms with Gasteiger partial charge >= 0.3 is 0 Å². The molecule has 1 aromatic carbocycles. The molecule has 1 fully saturated rings. The van der Waals surface area contributed by atoms with E-state index in [1.807, 2.05) is 13.8 Å². The van der Waals surface area contributed by atoms with Crippen LogP contribution in [-0.2, 0) is 22.5 Å². The summed E-state index contributed by atoms with van der Waals surface area (Å²) in [5, 5.41) is 3.89. The number of nitrogens with one attached hydrogen (secondary N) is 1. The minimum absolute atomic E-state index is 0.0273. The Labute approximate surface area is 194 Å². The molecule has 1 atom stereocenters. The molecule has 9 heteroatoms. The van der Waals surface area contributed by atoms with E-state index in [-0.39, 0.29) is 29.1 Å². The minimum Gasteiger partial charge on any atom is -0.376 e. The number of nitrogens with zero attached hydrogens (tertiary/aromatic N) is 2. The molecule has 1 unspecified atom stereocenters. The number of anilines is 1. The van der Waals surface area contributed by atoms with E-state index < -0.39 is 0 Å². The quantitative estimate of drug-likeness (QED) is 0.397. The average Bonchev–Trinajstić information content (AvgIpc) is 3.38. The van der Waals surface area contributed by atoms with Crippen LogP contribution >= 0.6 is 23.1 Å². The van der Waals surface area contributed by atoms with E-state index in [4.69, 9.17) is 9.72 Å². The summed E-state index contributed by atoms with van der Waals surface area (Å²) in [6, 6.07) is 4.59. The first-order valence-electron chi connectivity index (χ1n) is 10.7. The lowest BCUT2D eigenvalue weighted by atomic mass is 10.1. The number of ether oxygens (including phenoxy) is 1. The molecule has 3 heterocycles. The van der Waals surface area contributed by atoms with E-state index in [0.717, 1.165) is 29.7 Å². The molecule has 0 aliphatic carbocycles. The van der Waals surface area contributed by atoms with Crippen LogP contribution < -0.4 is 10.9 Å². The number of hydrogen-bond donors (Lipinski definition) is 1. The van der Waals surface area contributed by atoms with Crippen molar-refractivity contribution in [2.75, 3.05) is 17.7 Å². The van der Waals surface area contributed by atoms with Crippen molar-refractivity contribution in [1.82, 2.24) is 9.55 Å². The summed E-state index contributed by atoms with van der Waals surface area (Å²) >= 11 is 2.73. The molecule has 0 radical (unpaired) electrons. The Morgan fingerprint density at radius 2 is 2.22 bits per heavy atom. The third kappa shape index (κ3) is 4.74. The van der Waals surface area contributed by atoms with Gasteiger partial charge in [-0.25, -0.2) is 9.37 Å². The Kier molecular flexibility index (Phi) is 6.97. The second-order valence-corrected chi connectivity index (χ2v) is 10.1. The van der Waals surface area contributed by atoms with Crippen LogP contribution in [0.15, 0.2) is 28.2 Å². The van der Waals surface area contributed by atoms with Crippen LogP contribution in [0.1, 0.15) is 35.8 Å². The molecule has 0 bridgehead atoms. The Balaban J connectivity index is 1.60. The van der Waals surface area contributed by atoms with Crippen LogP contribution in [0.5, 0.6) is 0 Å². The molecular weight excluding hydrogens is 449 g/mol. The van der Waals surface area contributed by atoms with Crippen molar-refractivity contribution in [3.63, 3.8) is 0 Å². The highest BCUT2D eigenvalue weighted by Gasteiger charge is 2.23. The number of thiophene rings is 1. The molecule has 4 rings (SSSR count). The molecule has 6 nitrogen and oxygen atoms in total. The number of rotatable bonds is 7. The van der Waals surface area contributed by atoms with Crippen molar-refractivity contribution >= 4 is 44.9 Å². The first-order chi connectivity index (χ1) is 15.4. The Morgan fingerprint density at radius 1 is 1.41 bits per heavy atom. The molecular formula is C23H26FN3O3S2. The lowest BCUT2D eigenvalue weighted by molar-refractivity contribution is -0.113. The van der Waals surface area contributed by atoms with Gasteiger partial charge in [-0.15, -0.1) is 11.3 Å². The van der Waals surface area contributed by atoms with E-state index in [0.29, 0.717) is 39.8 Å². The third-order valence-electron chi connectivity index (χ3n) is 5.63. The van der Waals surface area contributed by atoms with E-state index in [2.05, 4.69) is 5.32 Å². The van der Waals surface area contributed by atoms with Crippen LogP contribution in [0, 0.1) is 19.7 Å². The average molecular weight is 476 g/mol. The summed E-state index contributed by atoms with van der Waals surface area (Å²) in [7, 11) is 0. The van der Waals surface area contributed by atoms with Gasteiger partial charge in [0.1, 0.15) is 10.6 Å². The Morgan fingerprint density at radius 3 is 2.91 bits per heavy atom. The molecule has 2 aromatic heterocycles. The number of aromatic nitrogens is 2. The van der Waals surface area contributed by atoms with Crippen molar-refractivity contribution in [3.8, 4) is 0 Å². The smallest absolute Gasteiger partial charge is 0.263 e. The second-order valence-electron chi connectivity index (χ2n) is 7.92. The summed E-state index contributed by atoms with van der Waals surface area (Å²) in [6.07, 6.45) is 2.62. The number of thioether (sulfide) groups is 1. The van der Waals surface area contributed by atoms with Crippen LogP contribution in [0.4, 0.5) is 10.1 Å². The van der Waals surface area contributed by atoms with Gasteiger partial charge in [0.2, 0.25) is 5.91 Å². The summed E-state index contributed by atoms with van der Waals surface area (Å²) in [4.78, 5) is 32.5. The molecule has 1 saturated heterocycles. The summed E-state index contributed by atoms with van der Waals surface area (Å²) in [5.41, 5.74) is 1.89. The minimum atomic E-state index is -0.368. The SMILES string of the molecule is CCc1c(C)sc2nc(SCC(=O)Nc3ccc(C)c(F)c3)n(CC3CCCO3)c(=O)c12. The first-order valence-corrected chi connectivity index (χ1v) is 12.5. The number of carbonyl (C=O) groups excluding carboxylic acids is 1. The highest BCUT2D eigenvalue weighted by molar-refractivity contribution is 7.99. The zero-order chi connectivity index (χ0) is 22.8. The number of fused-ring (bicyclic) bond motifs is 1. The molecule has 32 heavy (non-hydrogen) atoms. The maximum atomic E-state index is 13.8. The lowest BCUT2D eigenvalue weighted by Gasteiger charge is -2.16. The lowest BCUT2D eigenvalue weighted by Crippen LogP contribution is -2.29. The normalized spacial score (nSPS) is 16.1. The molecule has 170 valence electrons. The number of halogens is 1. The molecule has 1 aliphatic heterocycles. The summed E-state index contributed by atoms with van der Waals surface area (Å²) in [5.74, 6) is -0.593. The number of carbonyl (C=O) groups is 1. The first kappa shape index (κ1) is 22.9. The zero-order valence-electron chi connectivity index (χ0n) is 18.4. The second kappa shape index (κ2) is 9.72. The van der Waals surface area contributed by atoms with Crippen molar-refractivity contribution in [1.29, 1.82) is 0 Å². The fourth-order valence-electron chi connectivity index (χ4n) is 3.92. The summed E-state index contributed by atoms with van der Waals surface area (Å²) in [6.45, 7) is 6.84. The Bertz CT molecular complexity index is 1220. The molecule has 3 aromatic rings. The highest BCUT2D eigenvalue weighted by atomic mass is 32.2. The van der Waals surface area contributed by atoms with Crippen molar-refractivity contribution < 1.29 is 13.9 Å². The fraction of sp³-hybridized carbons (Fsp3) is 0.435. The van der Waals surface area contributed by atoms with Gasteiger partial charge < -0.3 is 10.1 Å². The molecule has 1 N–H and O–H groups in total. The van der Waals surface area contributed by atoms with E-state index >= 15 is 0 Å². The number of amides is 1. The van der Waals surface area contributed by atoms with Crippen LogP contribution in [0.25, 0.3) is 10.2 Å².